The Balaban J connectivity index is 1.94. The molecule has 1 aromatic rings. The first-order chi connectivity index (χ1) is 5.84. The maximum Gasteiger partial charge on any atom is 0.106 e. The fourth-order valence-corrected chi connectivity index (χ4v) is 4.11. The highest BCUT2D eigenvalue weighted by Crippen LogP contribution is 2.34. The number of hydrogen-bond acceptors (Lipinski definition) is 3. The highest BCUT2D eigenvalue weighted by molar-refractivity contribution is 8.20. The van der Waals surface area contributed by atoms with Crippen LogP contribution in [0.5, 0.6) is 0 Å². The minimum Gasteiger partial charge on any atom is -0.466 e. The van der Waals surface area contributed by atoms with Gasteiger partial charge in [-0.25, -0.2) is 0 Å². The predicted octanol–water partition coefficient (Wildman–Crippen LogP) is 2.94. The van der Waals surface area contributed by atoms with E-state index in [-0.39, 0.29) is 0 Å². The number of rotatable bonds is 2. The Morgan fingerprint density at radius 2 is 2.17 bits per heavy atom. The maximum atomic E-state index is 5.52. The molecule has 3 heteroatoms. The average molecular weight is 200 g/mol. The molecule has 1 fully saturated rings. The molecule has 0 N–H and O–H groups in total. The Hall–Kier alpha value is -0.0200. The Morgan fingerprint density at radius 1 is 1.42 bits per heavy atom. The summed E-state index contributed by atoms with van der Waals surface area (Å²) in [6.45, 7) is 2.00. The molecule has 1 saturated heterocycles. The van der Waals surface area contributed by atoms with Gasteiger partial charge in [-0.3, -0.25) is 0 Å². The summed E-state index contributed by atoms with van der Waals surface area (Å²) in [6.07, 6.45) is 1.09. The van der Waals surface area contributed by atoms with Gasteiger partial charge in [-0.1, -0.05) is 0 Å². The van der Waals surface area contributed by atoms with E-state index in [2.05, 4.69) is 6.07 Å². The summed E-state index contributed by atoms with van der Waals surface area (Å²) < 4.78 is 6.25. The van der Waals surface area contributed by atoms with E-state index in [0.29, 0.717) is 0 Å². The second-order valence-corrected chi connectivity index (χ2v) is 5.81. The SMILES string of the molecule is Cc1ccc(CC2SCCS2)o1. The summed E-state index contributed by atoms with van der Waals surface area (Å²) in [5.41, 5.74) is 0. The third kappa shape index (κ3) is 2.02. The first-order valence-corrected chi connectivity index (χ1v) is 6.23. The predicted molar refractivity (Wildman–Crippen MR) is 55.9 cm³/mol. The van der Waals surface area contributed by atoms with E-state index in [1.807, 2.05) is 36.5 Å². The zero-order chi connectivity index (χ0) is 8.39. The number of aryl methyl sites for hydroxylation is 1. The number of thioether (sulfide) groups is 2. The lowest BCUT2D eigenvalue weighted by molar-refractivity contribution is 0.488. The van der Waals surface area contributed by atoms with Crippen LogP contribution < -0.4 is 0 Å². The average Bonchev–Trinajstić information content (AvgIpc) is 2.63. The van der Waals surface area contributed by atoms with E-state index in [1.54, 1.807) is 0 Å². The molecule has 0 amide bonds. The summed E-state index contributed by atoms with van der Waals surface area (Å²) in [5.74, 6) is 4.77. The van der Waals surface area contributed by atoms with Crippen molar-refractivity contribution in [2.45, 2.75) is 17.9 Å². The second kappa shape index (κ2) is 3.79. The van der Waals surface area contributed by atoms with E-state index in [4.69, 9.17) is 4.42 Å². The maximum absolute atomic E-state index is 5.52. The van der Waals surface area contributed by atoms with Crippen LogP contribution in [0.25, 0.3) is 0 Å². The van der Waals surface area contributed by atoms with Crippen molar-refractivity contribution in [3.63, 3.8) is 0 Å². The molecule has 1 aliphatic heterocycles. The van der Waals surface area contributed by atoms with E-state index in [0.717, 1.165) is 22.5 Å². The van der Waals surface area contributed by atoms with Crippen molar-refractivity contribution in [2.75, 3.05) is 11.5 Å². The van der Waals surface area contributed by atoms with Gasteiger partial charge in [0.1, 0.15) is 11.5 Å². The van der Waals surface area contributed by atoms with Gasteiger partial charge in [0, 0.05) is 17.9 Å². The van der Waals surface area contributed by atoms with Gasteiger partial charge in [0.25, 0.3) is 0 Å². The van der Waals surface area contributed by atoms with Crippen molar-refractivity contribution >= 4 is 23.5 Å². The minimum absolute atomic E-state index is 0.732. The highest BCUT2D eigenvalue weighted by Gasteiger charge is 2.17. The molecule has 0 spiro atoms. The monoisotopic (exact) mass is 200 g/mol. The molecule has 1 aromatic heterocycles. The molecule has 0 saturated carbocycles. The summed E-state index contributed by atoms with van der Waals surface area (Å²) in [4.78, 5) is 0. The molecule has 66 valence electrons. The van der Waals surface area contributed by atoms with Gasteiger partial charge < -0.3 is 4.42 Å². The van der Waals surface area contributed by atoms with Gasteiger partial charge in [-0.15, -0.1) is 23.5 Å². The lowest BCUT2D eigenvalue weighted by Crippen LogP contribution is -1.95. The summed E-state index contributed by atoms with van der Waals surface area (Å²) in [7, 11) is 0. The molecule has 1 aliphatic rings. The normalized spacial score (nSPS) is 18.8. The molecule has 0 aliphatic carbocycles. The molecular weight excluding hydrogens is 188 g/mol. The van der Waals surface area contributed by atoms with Crippen molar-refractivity contribution in [1.82, 2.24) is 0 Å². The number of furan rings is 1. The lowest BCUT2D eigenvalue weighted by Gasteiger charge is -2.03. The zero-order valence-electron chi connectivity index (χ0n) is 7.08. The quantitative estimate of drug-likeness (QED) is 0.728. The molecule has 0 aromatic carbocycles. The molecule has 2 heterocycles. The van der Waals surface area contributed by atoms with Crippen LogP contribution in [0.1, 0.15) is 11.5 Å². The van der Waals surface area contributed by atoms with E-state index in [9.17, 15) is 0 Å². The van der Waals surface area contributed by atoms with Gasteiger partial charge in [0.15, 0.2) is 0 Å². The van der Waals surface area contributed by atoms with Gasteiger partial charge in [0.05, 0.1) is 4.58 Å². The first-order valence-electron chi connectivity index (χ1n) is 4.13. The van der Waals surface area contributed by atoms with E-state index in [1.165, 1.54) is 11.5 Å². The Kier molecular flexibility index (Phi) is 2.71. The summed E-state index contributed by atoms with van der Waals surface area (Å²) in [6, 6.07) is 4.13. The van der Waals surface area contributed by atoms with Crippen LogP contribution in [0.3, 0.4) is 0 Å². The van der Waals surface area contributed by atoms with Crippen molar-refractivity contribution in [2.24, 2.45) is 0 Å². The Morgan fingerprint density at radius 3 is 2.75 bits per heavy atom. The van der Waals surface area contributed by atoms with Crippen LogP contribution in [0, 0.1) is 6.92 Å². The van der Waals surface area contributed by atoms with E-state index < -0.39 is 0 Å². The van der Waals surface area contributed by atoms with Crippen molar-refractivity contribution in [3.8, 4) is 0 Å². The van der Waals surface area contributed by atoms with Crippen molar-refractivity contribution < 1.29 is 4.42 Å². The third-order valence-electron chi connectivity index (χ3n) is 1.85. The minimum atomic E-state index is 0.732. The largest absolute Gasteiger partial charge is 0.466 e. The summed E-state index contributed by atoms with van der Waals surface area (Å²) >= 11 is 4.10. The van der Waals surface area contributed by atoms with Crippen LogP contribution in [0.15, 0.2) is 16.5 Å². The standard InChI is InChI=1S/C9H12OS2/c1-7-2-3-8(10-7)6-9-11-4-5-12-9/h2-3,9H,4-6H2,1H3. The van der Waals surface area contributed by atoms with Crippen LogP contribution in [0.2, 0.25) is 0 Å². The van der Waals surface area contributed by atoms with Gasteiger partial charge in [-0.2, -0.15) is 0 Å². The van der Waals surface area contributed by atoms with Gasteiger partial charge in [0.2, 0.25) is 0 Å². The van der Waals surface area contributed by atoms with Gasteiger partial charge in [-0.05, 0) is 19.1 Å². The smallest absolute Gasteiger partial charge is 0.106 e. The fraction of sp³-hybridized carbons (Fsp3) is 0.556. The Labute approximate surface area is 81.3 Å². The zero-order valence-corrected chi connectivity index (χ0v) is 8.71. The molecule has 12 heavy (non-hydrogen) atoms. The first kappa shape index (κ1) is 8.57. The molecular formula is C9H12OS2. The molecule has 0 radical (unpaired) electrons. The number of hydrogen-bond donors (Lipinski definition) is 0. The highest BCUT2D eigenvalue weighted by atomic mass is 32.2. The van der Waals surface area contributed by atoms with Crippen LogP contribution in [-0.4, -0.2) is 16.1 Å². The van der Waals surface area contributed by atoms with Crippen LogP contribution in [0.4, 0.5) is 0 Å². The molecule has 2 rings (SSSR count). The van der Waals surface area contributed by atoms with Crippen molar-refractivity contribution in [1.29, 1.82) is 0 Å². The van der Waals surface area contributed by atoms with Crippen molar-refractivity contribution in [3.05, 3.63) is 23.7 Å². The molecule has 0 unspecified atom stereocenters. The van der Waals surface area contributed by atoms with Crippen LogP contribution in [-0.2, 0) is 6.42 Å². The summed E-state index contributed by atoms with van der Waals surface area (Å²) in [5, 5.41) is 0. The van der Waals surface area contributed by atoms with E-state index >= 15 is 0 Å². The van der Waals surface area contributed by atoms with Gasteiger partial charge >= 0.3 is 0 Å². The second-order valence-electron chi connectivity index (χ2n) is 2.89. The fourth-order valence-electron chi connectivity index (χ4n) is 1.28. The lowest BCUT2D eigenvalue weighted by atomic mass is 10.3. The Bertz CT molecular complexity index is 251. The molecule has 0 atom stereocenters. The molecule has 1 nitrogen and oxygen atoms in total. The van der Waals surface area contributed by atoms with Crippen LogP contribution >= 0.6 is 23.5 Å². The topological polar surface area (TPSA) is 13.1 Å². The molecule has 0 bridgehead atoms. The third-order valence-corrected chi connectivity index (χ3v) is 4.89.